The second-order valence-electron chi connectivity index (χ2n) is 8.35. The molecule has 0 radical (unpaired) electrons. The van der Waals surface area contributed by atoms with Gasteiger partial charge in [-0.1, -0.05) is 26.0 Å². The number of amides is 4. The fourth-order valence-corrected chi connectivity index (χ4v) is 3.43. The Kier molecular flexibility index (Phi) is 9.48. The van der Waals surface area contributed by atoms with Crippen LogP contribution in [0.3, 0.4) is 0 Å². The van der Waals surface area contributed by atoms with Gasteiger partial charge in [0.05, 0.1) is 19.1 Å². The van der Waals surface area contributed by atoms with Crippen LogP contribution >= 0.6 is 0 Å². The van der Waals surface area contributed by atoms with Crippen molar-refractivity contribution in [2.24, 2.45) is 5.92 Å². The maximum absolute atomic E-state index is 13.4. The van der Waals surface area contributed by atoms with Crippen LogP contribution in [0.4, 0.5) is 4.39 Å². The fraction of sp³-hybridized carbons (Fsp3) is 0.500. The molecule has 1 heterocycles. The van der Waals surface area contributed by atoms with E-state index in [0.29, 0.717) is 5.56 Å². The number of carboxylic acid groups (broad SMARTS) is 1. The topological polar surface area (TPSA) is 174 Å². The first-order chi connectivity index (χ1) is 16.0. The molecule has 1 fully saturated rings. The summed E-state index contributed by atoms with van der Waals surface area (Å²) in [5.74, 6) is -5.16. The number of aliphatic hydroxyl groups is 1. The highest BCUT2D eigenvalue weighted by molar-refractivity contribution is 5.93. The third-order valence-corrected chi connectivity index (χ3v) is 5.35. The minimum absolute atomic E-state index is 0.230. The Balaban J connectivity index is 2.40. The van der Waals surface area contributed by atoms with Gasteiger partial charge in [0.15, 0.2) is 0 Å². The Hall–Kier alpha value is -3.54. The van der Waals surface area contributed by atoms with Crippen molar-refractivity contribution >= 4 is 29.6 Å². The predicted octanol–water partition coefficient (Wildman–Crippen LogP) is -0.646. The zero-order valence-electron chi connectivity index (χ0n) is 18.8. The molecule has 1 aliphatic heterocycles. The molecule has 1 aromatic carbocycles. The van der Waals surface area contributed by atoms with Gasteiger partial charge in [0.25, 0.3) is 0 Å². The van der Waals surface area contributed by atoms with Crippen LogP contribution in [0.15, 0.2) is 24.3 Å². The van der Waals surface area contributed by atoms with Gasteiger partial charge in [0.1, 0.15) is 23.9 Å². The molecule has 4 atom stereocenters. The van der Waals surface area contributed by atoms with Crippen LogP contribution in [0, 0.1) is 11.7 Å². The van der Waals surface area contributed by atoms with E-state index >= 15 is 0 Å². The fourth-order valence-electron chi connectivity index (χ4n) is 3.43. The smallest absolute Gasteiger partial charge is 0.326 e. The van der Waals surface area contributed by atoms with Crippen molar-refractivity contribution in [2.75, 3.05) is 6.61 Å². The largest absolute Gasteiger partial charge is 0.480 e. The Morgan fingerprint density at radius 1 is 1.00 bits per heavy atom. The quantitative estimate of drug-likeness (QED) is 0.332. The number of carbonyl (C=O) groups is 5. The van der Waals surface area contributed by atoms with Crippen LogP contribution in [0.5, 0.6) is 0 Å². The molecule has 11 nitrogen and oxygen atoms in total. The average Bonchev–Trinajstić information content (AvgIpc) is 2.77. The summed E-state index contributed by atoms with van der Waals surface area (Å²) in [6.07, 6.45) is -0.921. The lowest BCUT2D eigenvalue weighted by molar-refractivity contribution is -0.142. The summed E-state index contributed by atoms with van der Waals surface area (Å²) >= 11 is 0. The number of halogens is 1. The average molecular weight is 480 g/mol. The molecule has 0 unspecified atom stereocenters. The number of hydrogen-bond donors (Lipinski definition) is 6. The highest BCUT2D eigenvalue weighted by Gasteiger charge is 2.31. The van der Waals surface area contributed by atoms with Crippen LogP contribution in [-0.2, 0) is 24.0 Å². The molecule has 12 heteroatoms. The molecular weight excluding hydrogens is 451 g/mol. The second-order valence-corrected chi connectivity index (χ2v) is 8.35. The molecular formula is C22H29FN4O7. The monoisotopic (exact) mass is 480 g/mol. The zero-order valence-corrected chi connectivity index (χ0v) is 18.8. The van der Waals surface area contributed by atoms with E-state index in [9.17, 15) is 38.6 Å². The van der Waals surface area contributed by atoms with E-state index in [1.807, 2.05) is 0 Å². The van der Waals surface area contributed by atoms with Gasteiger partial charge in [-0.2, -0.15) is 0 Å². The first-order valence-corrected chi connectivity index (χ1v) is 10.8. The van der Waals surface area contributed by atoms with E-state index in [4.69, 9.17) is 0 Å². The van der Waals surface area contributed by atoms with Crippen molar-refractivity contribution < 1.29 is 38.6 Å². The predicted molar refractivity (Wildman–Crippen MR) is 116 cm³/mol. The molecule has 186 valence electrons. The van der Waals surface area contributed by atoms with Gasteiger partial charge in [-0.25, -0.2) is 9.18 Å². The first-order valence-electron chi connectivity index (χ1n) is 10.8. The molecule has 4 amide bonds. The molecule has 0 spiro atoms. The van der Waals surface area contributed by atoms with E-state index in [1.54, 1.807) is 13.8 Å². The number of nitrogens with one attached hydrogen (secondary N) is 4. The standard InChI is InChI=1S/C22H29FN4O7/c1-11(2)19-21(32)26-16(10-28)20(31)25-15(12-3-5-13(23)6-4-12)9-18(30)24-14(22(33)34)7-8-17(29)27-19/h3-6,11,14-16,19,28H,7-10H2,1-2H3,(H,24,30)(H,25,31)(H,26,32)(H,27,29)(H,33,34)/t14-,15+,16-,19+/m0/s1. The number of benzene rings is 1. The van der Waals surface area contributed by atoms with Crippen molar-refractivity contribution in [1.29, 1.82) is 0 Å². The molecule has 34 heavy (non-hydrogen) atoms. The Morgan fingerprint density at radius 3 is 2.21 bits per heavy atom. The van der Waals surface area contributed by atoms with Crippen LogP contribution in [0.1, 0.15) is 44.7 Å². The summed E-state index contributed by atoms with van der Waals surface area (Å²) in [6, 6.07) is 0.110. The number of hydrogen-bond acceptors (Lipinski definition) is 6. The number of rotatable bonds is 4. The second kappa shape index (κ2) is 12.1. The van der Waals surface area contributed by atoms with Gasteiger partial charge in [-0.05, 0) is 30.0 Å². The van der Waals surface area contributed by atoms with Crippen LogP contribution in [0.25, 0.3) is 0 Å². The Bertz CT molecular complexity index is 922. The Labute approximate surface area is 195 Å². The zero-order chi connectivity index (χ0) is 25.4. The van der Waals surface area contributed by atoms with Gasteiger partial charge >= 0.3 is 5.97 Å². The first kappa shape index (κ1) is 26.7. The van der Waals surface area contributed by atoms with Gasteiger partial charge in [-0.3, -0.25) is 19.2 Å². The molecule has 0 bridgehead atoms. The third kappa shape index (κ3) is 7.51. The molecule has 1 saturated heterocycles. The number of aliphatic carboxylic acids is 1. The minimum atomic E-state index is -1.39. The highest BCUT2D eigenvalue weighted by atomic mass is 19.1. The summed E-state index contributed by atoms with van der Waals surface area (Å²) in [6.45, 7) is 2.56. The van der Waals surface area contributed by atoms with Crippen molar-refractivity contribution in [3.8, 4) is 0 Å². The minimum Gasteiger partial charge on any atom is -0.480 e. The summed E-state index contributed by atoms with van der Waals surface area (Å²) in [4.78, 5) is 62.1. The van der Waals surface area contributed by atoms with E-state index in [-0.39, 0.29) is 18.8 Å². The van der Waals surface area contributed by atoms with Gasteiger partial charge in [0.2, 0.25) is 23.6 Å². The molecule has 0 aromatic heterocycles. The number of carboxylic acids is 1. The molecule has 0 saturated carbocycles. The van der Waals surface area contributed by atoms with E-state index < -0.39 is 72.6 Å². The molecule has 1 aliphatic rings. The molecule has 2 rings (SSSR count). The SMILES string of the molecule is CC(C)[C@H]1NC(=O)CC[C@@H](C(=O)O)NC(=O)C[C@H](c2ccc(F)cc2)NC(=O)[C@H](CO)NC1=O. The van der Waals surface area contributed by atoms with Crippen molar-refractivity contribution in [2.45, 2.75) is 57.3 Å². The Morgan fingerprint density at radius 2 is 1.65 bits per heavy atom. The lowest BCUT2D eigenvalue weighted by Crippen LogP contribution is -2.56. The van der Waals surface area contributed by atoms with Crippen molar-refractivity contribution in [3.05, 3.63) is 35.6 Å². The summed E-state index contributed by atoms with van der Waals surface area (Å²) < 4.78 is 13.4. The van der Waals surface area contributed by atoms with E-state index in [1.165, 1.54) is 12.1 Å². The van der Waals surface area contributed by atoms with E-state index in [2.05, 4.69) is 21.3 Å². The van der Waals surface area contributed by atoms with Crippen LogP contribution < -0.4 is 21.3 Å². The lowest BCUT2D eigenvalue weighted by atomic mass is 10.0. The maximum atomic E-state index is 13.4. The van der Waals surface area contributed by atoms with Crippen LogP contribution in [-0.4, -0.2) is 64.5 Å². The number of aliphatic hydroxyl groups excluding tert-OH is 1. The molecule has 1 aromatic rings. The van der Waals surface area contributed by atoms with Gasteiger partial charge < -0.3 is 31.5 Å². The normalized spacial score (nSPS) is 25.3. The van der Waals surface area contributed by atoms with Crippen molar-refractivity contribution in [3.63, 3.8) is 0 Å². The van der Waals surface area contributed by atoms with Crippen LogP contribution in [0.2, 0.25) is 0 Å². The van der Waals surface area contributed by atoms with E-state index in [0.717, 1.165) is 12.1 Å². The van der Waals surface area contributed by atoms with Gasteiger partial charge in [0, 0.05) is 6.42 Å². The summed E-state index contributed by atoms with van der Waals surface area (Å²) in [5.41, 5.74) is 0.348. The maximum Gasteiger partial charge on any atom is 0.326 e. The lowest BCUT2D eigenvalue weighted by Gasteiger charge is -2.26. The van der Waals surface area contributed by atoms with Crippen molar-refractivity contribution in [1.82, 2.24) is 21.3 Å². The summed E-state index contributed by atoms with van der Waals surface area (Å²) in [7, 11) is 0. The number of carbonyl (C=O) groups excluding carboxylic acids is 4. The molecule has 6 N–H and O–H groups in total. The summed E-state index contributed by atoms with van der Waals surface area (Å²) in [5, 5.41) is 28.9. The molecule has 0 aliphatic carbocycles. The third-order valence-electron chi connectivity index (χ3n) is 5.35. The highest BCUT2D eigenvalue weighted by Crippen LogP contribution is 2.18. The van der Waals surface area contributed by atoms with Gasteiger partial charge in [-0.15, -0.1) is 0 Å².